The van der Waals surface area contributed by atoms with Crippen molar-refractivity contribution in [1.29, 1.82) is 0 Å². The van der Waals surface area contributed by atoms with Crippen molar-refractivity contribution < 1.29 is 9.90 Å². The maximum Gasteiger partial charge on any atom is 0.311 e. The highest BCUT2D eigenvalue weighted by Gasteiger charge is 2.12. The zero-order valence-electron chi connectivity index (χ0n) is 15.8. The number of carbonyl (C=O) groups is 1. The fourth-order valence-electron chi connectivity index (χ4n) is 2.28. The number of aliphatic carboxylic acids is 1. The van der Waals surface area contributed by atoms with Crippen LogP contribution in [0.2, 0.25) is 0 Å². The molecule has 136 valence electrons. The summed E-state index contributed by atoms with van der Waals surface area (Å²) in [6, 6.07) is 19.6. The summed E-state index contributed by atoms with van der Waals surface area (Å²) in [6.07, 6.45) is 1.51. The number of carboxylic acid groups (broad SMARTS) is 1. The van der Waals surface area contributed by atoms with Crippen LogP contribution in [0.1, 0.15) is 33.5 Å². The summed E-state index contributed by atoms with van der Waals surface area (Å²) in [5.74, 6) is -0.627. The number of nitrogens with zero attached hydrogens (tertiary/aromatic N) is 2. The molecule has 0 unspecified atom stereocenters. The molecule has 0 radical (unpaired) electrons. The van der Waals surface area contributed by atoms with Gasteiger partial charge in [0.25, 0.3) is 0 Å². The molecule has 0 bridgehead atoms. The lowest BCUT2D eigenvalue weighted by atomic mass is 10.0. The van der Waals surface area contributed by atoms with Crippen molar-refractivity contribution in [2.75, 3.05) is 0 Å². The zero-order valence-corrected chi connectivity index (χ0v) is 15.8. The Morgan fingerprint density at radius 1 is 0.846 bits per heavy atom. The van der Waals surface area contributed by atoms with Gasteiger partial charge < -0.3 is 5.11 Å². The molecule has 0 atom stereocenters. The predicted octanol–water partition coefficient (Wildman–Crippen LogP) is 5.49. The van der Waals surface area contributed by atoms with Crippen LogP contribution in [-0.2, 0) is 11.2 Å². The first-order valence-electron chi connectivity index (χ1n) is 8.92. The fourth-order valence-corrected chi connectivity index (χ4v) is 2.28. The van der Waals surface area contributed by atoms with Gasteiger partial charge in [0.2, 0.25) is 0 Å². The van der Waals surface area contributed by atoms with Gasteiger partial charge >= 0.3 is 5.97 Å². The van der Waals surface area contributed by atoms with Gasteiger partial charge in [0, 0.05) is 17.3 Å². The van der Waals surface area contributed by atoms with Crippen LogP contribution in [0.15, 0.2) is 66.9 Å². The van der Waals surface area contributed by atoms with Crippen molar-refractivity contribution in [1.82, 2.24) is 9.97 Å². The molecule has 0 aliphatic rings. The van der Waals surface area contributed by atoms with Crippen LogP contribution < -0.4 is 0 Å². The average Bonchev–Trinajstić information content (AvgIpc) is 2.72. The summed E-state index contributed by atoms with van der Waals surface area (Å²) in [7, 11) is 0. The van der Waals surface area contributed by atoms with Gasteiger partial charge in [-0.2, -0.15) is 0 Å². The van der Waals surface area contributed by atoms with Crippen molar-refractivity contribution in [3.63, 3.8) is 0 Å². The van der Waals surface area contributed by atoms with Crippen LogP contribution >= 0.6 is 0 Å². The van der Waals surface area contributed by atoms with Crippen LogP contribution in [0.5, 0.6) is 0 Å². The van der Waals surface area contributed by atoms with Gasteiger partial charge in [-0.3, -0.25) is 4.79 Å². The molecule has 0 fully saturated rings. The molecule has 4 heteroatoms. The maximum atomic E-state index is 10.9. The smallest absolute Gasteiger partial charge is 0.311 e. The number of carboxylic acids is 1. The molecule has 26 heavy (non-hydrogen) atoms. The molecule has 1 heterocycles. The van der Waals surface area contributed by atoms with E-state index in [1.165, 1.54) is 0 Å². The summed E-state index contributed by atoms with van der Waals surface area (Å²) in [6.45, 7) is 8.00. The topological polar surface area (TPSA) is 63.1 Å². The highest BCUT2D eigenvalue weighted by atomic mass is 16.4. The number of aromatic nitrogens is 2. The fraction of sp³-hybridized carbons (Fsp3) is 0.227. The molecule has 0 aliphatic carbocycles. The van der Waals surface area contributed by atoms with Crippen LogP contribution in [0, 0.1) is 0 Å². The highest BCUT2D eigenvalue weighted by molar-refractivity contribution is 5.80. The normalized spacial score (nSPS) is 9.23. The Morgan fingerprint density at radius 2 is 1.35 bits per heavy atom. The molecular formula is C22H26N2O2. The molecular weight excluding hydrogens is 324 g/mol. The summed E-state index contributed by atoms with van der Waals surface area (Å²) in [5, 5.41) is 8.93. The first-order chi connectivity index (χ1) is 12.7. The first kappa shape index (κ1) is 21.0. The van der Waals surface area contributed by atoms with E-state index >= 15 is 0 Å². The number of hydrogen-bond acceptors (Lipinski definition) is 3. The SMILES string of the molecule is CC.CC.O=C(O)Cc1ncc(-c2ccccc2)c(-c2ccccc2)n1. The van der Waals surface area contributed by atoms with E-state index in [-0.39, 0.29) is 6.42 Å². The van der Waals surface area contributed by atoms with Crippen molar-refractivity contribution in [3.8, 4) is 22.4 Å². The lowest BCUT2D eigenvalue weighted by molar-refractivity contribution is -0.136. The largest absolute Gasteiger partial charge is 0.481 e. The third-order valence-electron chi connectivity index (χ3n) is 3.28. The second-order valence-electron chi connectivity index (χ2n) is 4.85. The van der Waals surface area contributed by atoms with E-state index in [1.54, 1.807) is 6.20 Å². The molecule has 3 rings (SSSR count). The van der Waals surface area contributed by atoms with Crippen LogP contribution in [0.25, 0.3) is 22.4 Å². The van der Waals surface area contributed by atoms with E-state index in [2.05, 4.69) is 9.97 Å². The summed E-state index contributed by atoms with van der Waals surface area (Å²) < 4.78 is 0. The van der Waals surface area contributed by atoms with E-state index in [9.17, 15) is 4.79 Å². The zero-order chi connectivity index (χ0) is 19.4. The van der Waals surface area contributed by atoms with Crippen LogP contribution in [0.3, 0.4) is 0 Å². The van der Waals surface area contributed by atoms with Crippen molar-refractivity contribution >= 4 is 5.97 Å². The molecule has 2 aromatic carbocycles. The molecule has 1 N–H and O–H groups in total. The van der Waals surface area contributed by atoms with Crippen LogP contribution in [0.4, 0.5) is 0 Å². The molecule has 1 aromatic heterocycles. The Kier molecular flexibility index (Phi) is 9.33. The van der Waals surface area contributed by atoms with E-state index < -0.39 is 5.97 Å². The van der Waals surface area contributed by atoms with Crippen molar-refractivity contribution in [3.05, 3.63) is 72.7 Å². The Hall–Kier alpha value is -3.01. The van der Waals surface area contributed by atoms with Gasteiger partial charge in [0.15, 0.2) is 0 Å². The summed E-state index contributed by atoms with van der Waals surface area (Å²) in [5.41, 5.74) is 3.58. The minimum Gasteiger partial charge on any atom is -0.481 e. The van der Waals surface area contributed by atoms with Gasteiger partial charge in [-0.25, -0.2) is 9.97 Å². The Labute approximate surface area is 155 Å². The molecule has 0 saturated carbocycles. The van der Waals surface area contributed by atoms with Crippen molar-refractivity contribution in [2.24, 2.45) is 0 Å². The lowest BCUT2D eigenvalue weighted by Gasteiger charge is -2.10. The van der Waals surface area contributed by atoms with Crippen molar-refractivity contribution in [2.45, 2.75) is 34.1 Å². The maximum absolute atomic E-state index is 10.9. The van der Waals surface area contributed by atoms with Gasteiger partial charge in [-0.1, -0.05) is 88.4 Å². The number of benzene rings is 2. The summed E-state index contributed by atoms with van der Waals surface area (Å²) in [4.78, 5) is 19.5. The van der Waals surface area contributed by atoms with E-state index in [0.29, 0.717) is 5.82 Å². The van der Waals surface area contributed by atoms with E-state index in [0.717, 1.165) is 22.4 Å². The molecule has 4 nitrogen and oxygen atoms in total. The second kappa shape index (κ2) is 11.5. The summed E-state index contributed by atoms with van der Waals surface area (Å²) >= 11 is 0. The molecule has 0 aliphatic heterocycles. The molecule has 0 spiro atoms. The first-order valence-corrected chi connectivity index (χ1v) is 8.92. The molecule has 0 amide bonds. The standard InChI is InChI=1S/C18H14N2O2.2C2H6/c21-17(22)11-16-19-12-15(13-7-3-1-4-8-13)18(20-16)14-9-5-2-6-10-14;2*1-2/h1-10,12H,11H2,(H,21,22);2*1-2H3. The number of hydrogen-bond donors (Lipinski definition) is 1. The minimum absolute atomic E-state index is 0.186. The monoisotopic (exact) mass is 350 g/mol. The molecule has 0 saturated heterocycles. The van der Waals surface area contributed by atoms with E-state index in [1.807, 2.05) is 88.4 Å². The second-order valence-corrected chi connectivity index (χ2v) is 4.85. The Bertz CT molecular complexity index is 788. The van der Waals surface area contributed by atoms with Crippen LogP contribution in [-0.4, -0.2) is 21.0 Å². The lowest BCUT2D eigenvalue weighted by Crippen LogP contribution is -2.06. The third kappa shape index (κ3) is 5.81. The predicted molar refractivity (Wildman–Crippen MR) is 107 cm³/mol. The van der Waals surface area contributed by atoms with Gasteiger partial charge in [0.05, 0.1) is 5.69 Å². The third-order valence-corrected chi connectivity index (χ3v) is 3.28. The quantitative estimate of drug-likeness (QED) is 0.676. The molecule has 3 aromatic rings. The van der Waals surface area contributed by atoms with Gasteiger partial charge in [-0.15, -0.1) is 0 Å². The minimum atomic E-state index is -0.938. The highest BCUT2D eigenvalue weighted by Crippen LogP contribution is 2.29. The Balaban J connectivity index is 0.000000791. The van der Waals surface area contributed by atoms with Gasteiger partial charge in [0.1, 0.15) is 12.2 Å². The van der Waals surface area contributed by atoms with Gasteiger partial charge in [-0.05, 0) is 5.56 Å². The number of rotatable bonds is 4. The van der Waals surface area contributed by atoms with E-state index in [4.69, 9.17) is 5.11 Å². The average molecular weight is 350 g/mol. The Morgan fingerprint density at radius 3 is 1.85 bits per heavy atom.